The van der Waals surface area contributed by atoms with Crippen LogP contribution in [0.1, 0.15) is 29.5 Å². The van der Waals surface area contributed by atoms with E-state index < -0.39 is 39.8 Å². The average molecular weight is 586 g/mol. The van der Waals surface area contributed by atoms with Crippen molar-refractivity contribution in [2.24, 2.45) is 5.92 Å². The van der Waals surface area contributed by atoms with E-state index in [0.29, 0.717) is 22.6 Å². The van der Waals surface area contributed by atoms with Gasteiger partial charge in [0.25, 0.3) is 0 Å². The van der Waals surface area contributed by atoms with E-state index in [4.69, 9.17) is 4.74 Å². The summed E-state index contributed by atoms with van der Waals surface area (Å²) in [4.78, 5) is 16.0. The maximum absolute atomic E-state index is 14.2. The van der Waals surface area contributed by atoms with E-state index in [1.54, 1.807) is 18.2 Å². The molecule has 0 aliphatic carbocycles. The summed E-state index contributed by atoms with van der Waals surface area (Å²) in [6.45, 7) is 4.10. The molecule has 0 radical (unpaired) electrons. The molecule has 216 valence electrons. The van der Waals surface area contributed by atoms with Crippen LogP contribution in [0, 0.1) is 5.92 Å². The minimum absolute atomic E-state index is 0.219. The van der Waals surface area contributed by atoms with Crippen molar-refractivity contribution in [1.82, 2.24) is 9.80 Å². The van der Waals surface area contributed by atoms with Crippen molar-refractivity contribution in [3.8, 4) is 0 Å². The number of rotatable bonds is 6. The number of piperidine rings is 3. The molecule has 0 spiro atoms. The van der Waals surface area contributed by atoms with Crippen LogP contribution in [-0.2, 0) is 21.9 Å². The number of morpholine rings is 1. The van der Waals surface area contributed by atoms with E-state index in [-0.39, 0.29) is 32.3 Å². The number of carbonyl (C=O) groups excluding carboxylic acids is 1. The van der Waals surface area contributed by atoms with Crippen molar-refractivity contribution >= 4 is 29.4 Å². The fourth-order valence-corrected chi connectivity index (χ4v) is 6.62. The summed E-state index contributed by atoms with van der Waals surface area (Å²) >= 11 is 0.635. The van der Waals surface area contributed by atoms with Crippen molar-refractivity contribution in [2.45, 2.75) is 41.0 Å². The summed E-state index contributed by atoms with van der Waals surface area (Å²) in [6.07, 6.45) is -6.73. The molecule has 0 aromatic heterocycles. The number of fused-ring (bicyclic) bond motifs is 3. The topological polar surface area (TPSA) is 44.8 Å². The monoisotopic (exact) mass is 585 g/mol. The van der Waals surface area contributed by atoms with Gasteiger partial charge in [0.1, 0.15) is 0 Å². The molecule has 1 amide bonds. The number of ether oxygens (including phenoxy) is 1. The molecular weight excluding hydrogens is 556 g/mol. The second-order valence-electron chi connectivity index (χ2n) is 10.2. The number of hydrogen-bond acceptors (Lipinski definition) is 5. The van der Waals surface area contributed by atoms with E-state index in [1.165, 1.54) is 4.90 Å². The Kier molecular flexibility index (Phi) is 8.40. The molecule has 4 aliphatic heterocycles. The van der Waals surface area contributed by atoms with Gasteiger partial charge < -0.3 is 19.9 Å². The highest BCUT2D eigenvalue weighted by Crippen LogP contribution is 2.48. The lowest BCUT2D eigenvalue weighted by Gasteiger charge is -2.45. The first kappa shape index (κ1) is 28.8. The Morgan fingerprint density at radius 2 is 1.65 bits per heavy atom. The highest BCUT2D eigenvalue weighted by Gasteiger charge is 2.46. The number of halogens is 6. The highest BCUT2D eigenvalue weighted by atomic mass is 32.2. The van der Waals surface area contributed by atoms with Crippen LogP contribution in [0.2, 0.25) is 0 Å². The Morgan fingerprint density at radius 1 is 0.950 bits per heavy atom. The maximum atomic E-state index is 14.2. The van der Waals surface area contributed by atoms with E-state index in [1.807, 2.05) is 6.07 Å². The lowest BCUT2D eigenvalue weighted by Crippen LogP contribution is -2.53. The third-order valence-electron chi connectivity index (χ3n) is 7.56. The number of amides is 1. The Labute approximate surface area is 232 Å². The van der Waals surface area contributed by atoms with Crippen LogP contribution in [-0.4, -0.2) is 67.7 Å². The van der Waals surface area contributed by atoms with Crippen molar-refractivity contribution in [3.05, 3.63) is 59.2 Å². The van der Waals surface area contributed by atoms with Crippen LogP contribution in [0.25, 0.3) is 6.08 Å². The van der Waals surface area contributed by atoms with Gasteiger partial charge in [-0.25, -0.2) is 0 Å². The van der Waals surface area contributed by atoms with Crippen molar-refractivity contribution in [2.75, 3.05) is 51.3 Å². The molecule has 6 rings (SSSR count). The minimum Gasteiger partial charge on any atom is -0.381 e. The molecule has 2 aromatic rings. The molecule has 4 aliphatic rings. The van der Waals surface area contributed by atoms with Gasteiger partial charge in [0, 0.05) is 47.2 Å². The lowest BCUT2D eigenvalue weighted by atomic mass is 9.84. The van der Waals surface area contributed by atoms with Gasteiger partial charge in [0.2, 0.25) is 5.91 Å². The number of nitrogens with one attached hydrogen (secondary N) is 1. The molecule has 0 saturated carbocycles. The molecule has 1 atom stereocenters. The number of carbonyl (C=O) groups is 1. The van der Waals surface area contributed by atoms with E-state index in [9.17, 15) is 31.1 Å². The molecule has 0 unspecified atom stereocenters. The maximum Gasteiger partial charge on any atom is 0.418 e. The predicted octanol–water partition coefficient (Wildman–Crippen LogP) is 6.25. The van der Waals surface area contributed by atoms with E-state index in [2.05, 4.69) is 10.2 Å². The molecule has 4 saturated heterocycles. The van der Waals surface area contributed by atoms with Gasteiger partial charge >= 0.3 is 12.4 Å². The van der Waals surface area contributed by atoms with Crippen molar-refractivity contribution in [3.63, 3.8) is 0 Å². The average Bonchev–Trinajstić information content (AvgIpc) is 2.92. The van der Waals surface area contributed by atoms with E-state index >= 15 is 0 Å². The van der Waals surface area contributed by atoms with Gasteiger partial charge in [-0.3, -0.25) is 4.79 Å². The van der Waals surface area contributed by atoms with Crippen molar-refractivity contribution < 1.29 is 35.9 Å². The Bertz CT molecular complexity index is 1250. The first-order valence-electron chi connectivity index (χ1n) is 13.1. The van der Waals surface area contributed by atoms with Gasteiger partial charge in [-0.15, -0.1) is 0 Å². The van der Waals surface area contributed by atoms with Crippen LogP contribution in [0.4, 0.5) is 32.0 Å². The second kappa shape index (κ2) is 11.7. The standard InChI is InChI=1S/C28H29F6N3O2S/c29-27(30,31)25-19(5-7-24(38)37-12-14-39-15-13-37)4-6-23(26(25)28(32,33)34)40-21-3-1-2-20(16-21)35-22-17-36-10-8-18(22)9-11-36/h1-7,16,18,22,35H,8-15,17H2/b7-5+/t22-/m0/s1. The molecule has 12 heteroatoms. The van der Waals surface area contributed by atoms with Crippen LogP contribution in [0.3, 0.4) is 0 Å². The number of nitrogens with zero attached hydrogens (tertiary/aromatic N) is 2. The SMILES string of the molecule is O=C(/C=C/c1ccc(Sc2cccc(N[C@H]3CN4CCC3CC4)c2)c(C(F)(F)F)c1C(F)(F)F)N1CCOCC1. The van der Waals surface area contributed by atoms with E-state index in [0.717, 1.165) is 62.4 Å². The minimum atomic E-state index is -5.30. The summed E-state index contributed by atoms with van der Waals surface area (Å²) in [5.74, 6) is -0.0704. The molecule has 2 aromatic carbocycles. The third kappa shape index (κ3) is 6.60. The molecule has 5 nitrogen and oxygen atoms in total. The van der Waals surface area contributed by atoms with Crippen LogP contribution in [0.15, 0.2) is 52.3 Å². The zero-order valence-electron chi connectivity index (χ0n) is 21.5. The van der Waals surface area contributed by atoms with Crippen molar-refractivity contribution in [1.29, 1.82) is 0 Å². The largest absolute Gasteiger partial charge is 0.418 e. The first-order valence-corrected chi connectivity index (χ1v) is 13.9. The highest BCUT2D eigenvalue weighted by molar-refractivity contribution is 7.99. The predicted molar refractivity (Wildman–Crippen MR) is 140 cm³/mol. The van der Waals surface area contributed by atoms with Gasteiger partial charge in [0.05, 0.1) is 24.3 Å². The molecule has 40 heavy (non-hydrogen) atoms. The lowest BCUT2D eigenvalue weighted by molar-refractivity contribution is -0.163. The normalized spacial score (nSPS) is 23.6. The van der Waals surface area contributed by atoms with Gasteiger partial charge in [-0.05, 0) is 67.8 Å². The summed E-state index contributed by atoms with van der Waals surface area (Å²) in [5.41, 5.74) is -3.57. The fraction of sp³-hybridized carbons (Fsp3) is 0.464. The molecule has 1 N–H and O–H groups in total. The van der Waals surface area contributed by atoms with Gasteiger partial charge in [-0.2, -0.15) is 26.3 Å². The van der Waals surface area contributed by atoms with Crippen LogP contribution >= 0.6 is 11.8 Å². The summed E-state index contributed by atoms with van der Waals surface area (Å²) in [5, 5.41) is 3.47. The second-order valence-corrected chi connectivity index (χ2v) is 11.3. The number of hydrogen-bond donors (Lipinski definition) is 1. The summed E-state index contributed by atoms with van der Waals surface area (Å²) < 4.78 is 90.4. The van der Waals surface area contributed by atoms with Crippen LogP contribution < -0.4 is 5.32 Å². The van der Waals surface area contributed by atoms with Gasteiger partial charge in [0.15, 0.2) is 0 Å². The molecular formula is C28H29F6N3O2S. The van der Waals surface area contributed by atoms with Gasteiger partial charge in [-0.1, -0.05) is 23.9 Å². The number of benzene rings is 2. The zero-order chi connectivity index (χ0) is 28.5. The summed E-state index contributed by atoms with van der Waals surface area (Å²) in [6, 6.07) is 8.98. The smallest absolute Gasteiger partial charge is 0.381 e. The number of alkyl halides is 6. The van der Waals surface area contributed by atoms with Crippen LogP contribution in [0.5, 0.6) is 0 Å². The molecule has 2 bridgehead atoms. The Balaban J connectivity index is 1.43. The Hall–Kier alpha value is -2.70. The Morgan fingerprint density at radius 3 is 2.27 bits per heavy atom. The summed E-state index contributed by atoms with van der Waals surface area (Å²) in [7, 11) is 0. The molecule has 4 heterocycles. The third-order valence-corrected chi connectivity index (χ3v) is 8.61. The zero-order valence-corrected chi connectivity index (χ0v) is 22.3. The fourth-order valence-electron chi connectivity index (χ4n) is 5.58. The molecule has 4 fully saturated rings. The quantitative estimate of drug-likeness (QED) is 0.321. The number of anilines is 1. The first-order chi connectivity index (χ1) is 19.0.